The smallest absolute Gasteiger partial charge is 0.398 e. The van der Waals surface area contributed by atoms with Crippen LogP contribution in [-0.2, 0) is 6.18 Å². The second kappa shape index (κ2) is 5.65. The minimum atomic E-state index is -4.57. The molecule has 0 saturated heterocycles. The molecule has 0 heterocycles. The molecular formula is C14H10ClF3N2O. The molecule has 0 aromatic heterocycles. The van der Waals surface area contributed by atoms with Crippen molar-refractivity contribution in [2.45, 2.75) is 6.18 Å². The average Bonchev–Trinajstić information content (AvgIpc) is 2.41. The highest BCUT2D eigenvalue weighted by molar-refractivity contribution is 6.36. The Morgan fingerprint density at radius 3 is 2.43 bits per heavy atom. The molecule has 0 spiro atoms. The summed E-state index contributed by atoms with van der Waals surface area (Å²) >= 11 is 5.88. The molecule has 0 unspecified atom stereocenters. The second-order valence-electron chi connectivity index (χ2n) is 4.21. The van der Waals surface area contributed by atoms with Crippen LogP contribution in [0.4, 0.5) is 24.5 Å². The Bertz CT molecular complexity index is 686. The Morgan fingerprint density at radius 2 is 1.76 bits per heavy atom. The van der Waals surface area contributed by atoms with Crippen LogP contribution in [0.1, 0.15) is 15.9 Å². The van der Waals surface area contributed by atoms with Crippen molar-refractivity contribution in [2.75, 3.05) is 11.1 Å². The summed E-state index contributed by atoms with van der Waals surface area (Å²) in [6.07, 6.45) is -4.57. The van der Waals surface area contributed by atoms with Crippen LogP contribution in [0.5, 0.6) is 0 Å². The van der Waals surface area contributed by atoms with E-state index in [0.717, 1.165) is 6.07 Å². The third kappa shape index (κ3) is 3.28. The van der Waals surface area contributed by atoms with Crippen LogP contribution in [0.2, 0.25) is 5.02 Å². The summed E-state index contributed by atoms with van der Waals surface area (Å²) in [4.78, 5) is 12.0. The van der Waals surface area contributed by atoms with Crippen molar-refractivity contribution in [1.29, 1.82) is 0 Å². The number of carbonyl (C=O) groups is 1. The summed E-state index contributed by atoms with van der Waals surface area (Å²) in [5, 5.41) is 2.20. The van der Waals surface area contributed by atoms with Gasteiger partial charge in [-0.3, -0.25) is 4.79 Å². The summed E-state index contributed by atoms with van der Waals surface area (Å²) in [5.41, 5.74) is 4.47. The summed E-state index contributed by atoms with van der Waals surface area (Å²) in [6.45, 7) is 0. The number of nitrogens with two attached hydrogens (primary N) is 1. The first-order chi connectivity index (χ1) is 9.80. The summed E-state index contributed by atoms with van der Waals surface area (Å²) in [5.74, 6) is -0.760. The Labute approximate surface area is 123 Å². The molecule has 1 amide bonds. The number of alkyl halides is 3. The molecule has 2 aromatic rings. The van der Waals surface area contributed by atoms with Crippen molar-refractivity contribution >= 4 is 28.9 Å². The fourth-order valence-corrected chi connectivity index (χ4v) is 1.97. The van der Waals surface area contributed by atoms with Gasteiger partial charge in [0.15, 0.2) is 0 Å². The molecule has 7 heteroatoms. The number of nitrogen functional groups attached to an aromatic ring is 1. The first-order valence-electron chi connectivity index (χ1n) is 5.82. The lowest BCUT2D eigenvalue weighted by Crippen LogP contribution is -2.17. The lowest BCUT2D eigenvalue weighted by molar-refractivity contribution is -0.136. The van der Waals surface area contributed by atoms with Crippen LogP contribution in [0, 0.1) is 0 Å². The van der Waals surface area contributed by atoms with E-state index in [4.69, 9.17) is 17.3 Å². The third-order valence-corrected chi connectivity index (χ3v) is 3.18. The predicted molar refractivity (Wildman–Crippen MR) is 75.3 cm³/mol. The highest BCUT2D eigenvalue weighted by Crippen LogP contribution is 2.35. The van der Waals surface area contributed by atoms with Crippen LogP contribution in [-0.4, -0.2) is 5.91 Å². The van der Waals surface area contributed by atoms with Gasteiger partial charge < -0.3 is 11.1 Å². The number of carbonyl (C=O) groups excluding carboxylic acids is 1. The lowest BCUT2D eigenvalue weighted by atomic mass is 10.1. The van der Waals surface area contributed by atoms with Crippen LogP contribution < -0.4 is 11.1 Å². The molecule has 0 aliphatic rings. The van der Waals surface area contributed by atoms with E-state index in [1.165, 1.54) is 36.4 Å². The quantitative estimate of drug-likeness (QED) is 0.816. The SMILES string of the molecule is Nc1cccc(C(=O)Nc2ccccc2C(F)(F)F)c1Cl. The van der Waals surface area contributed by atoms with Crippen molar-refractivity contribution in [3.63, 3.8) is 0 Å². The number of rotatable bonds is 2. The zero-order valence-electron chi connectivity index (χ0n) is 10.5. The van der Waals surface area contributed by atoms with E-state index in [1.54, 1.807) is 0 Å². The zero-order chi connectivity index (χ0) is 15.6. The molecule has 0 atom stereocenters. The van der Waals surface area contributed by atoms with Gasteiger partial charge in [0, 0.05) is 0 Å². The normalized spacial score (nSPS) is 11.2. The van der Waals surface area contributed by atoms with Crippen molar-refractivity contribution in [3.8, 4) is 0 Å². The molecule has 110 valence electrons. The third-order valence-electron chi connectivity index (χ3n) is 2.75. The van der Waals surface area contributed by atoms with Gasteiger partial charge in [0.05, 0.1) is 27.5 Å². The molecule has 2 rings (SSSR count). The van der Waals surface area contributed by atoms with Gasteiger partial charge in [0.1, 0.15) is 0 Å². The van der Waals surface area contributed by atoms with E-state index in [1.807, 2.05) is 0 Å². The molecule has 3 N–H and O–H groups in total. The Kier molecular flexibility index (Phi) is 4.09. The van der Waals surface area contributed by atoms with Gasteiger partial charge in [-0.1, -0.05) is 29.8 Å². The predicted octanol–water partition coefficient (Wildman–Crippen LogP) is 4.19. The molecule has 0 fully saturated rings. The van der Waals surface area contributed by atoms with Gasteiger partial charge in [0.2, 0.25) is 0 Å². The first-order valence-corrected chi connectivity index (χ1v) is 6.20. The molecule has 0 bridgehead atoms. The van der Waals surface area contributed by atoms with E-state index in [2.05, 4.69) is 5.32 Å². The monoisotopic (exact) mass is 314 g/mol. The minimum Gasteiger partial charge on any atom is -0.398 e. The molecule has 21 heavy (non-hydrogen) atoms. The molecule has 3 nitrogen and oxygen atoms in total. The van der Waals surface area contributed by atoms with Crippen molar-refractivity contribution in [2.24, 2.45) is 0 Å². The number of nitrogens with one attached hydrogen (secondary N) is 1. The second-order valence-corrected chi connectivity index (χ2v) is 4.58. The van der Waals surface area contributed by atoms with Gasteiger partial charge in [0.25, 0.3) is 5.91 Å². The molecule has 0 saturated carbocycles. The van der Waals surface area contributed by atoms with Crippen molar-refractivity contribution in [3.05, 3.63) is 58.6 Å². The number of anilines is 2. The highest BCUT2D eigenvalue weighted by Gasteiger charge is 2.33. The Balaban J connectivity index is 2.35. The first kappa shape index (κ1) is 15.2. The van der Waals surface area contributed by atoms with Crippen LogP contribution in [0.3, 0.4) is 0 Å². The molecular weight excluding hydrogens is 305 g/mol. The van der Waals surface area contributed by atoms with E-state index in [0.29, 0.717) is 0 Å². The topological polar surface area (TPSA) is 55.1 Å². The lowest BCUT2D eigenvalue weighted by Gasteiger charge is -2.14. The standard InChI is InChI=1S/C14H10ClF3N2O/c15-12-8(4-3-6-10(12)19)13(21)20-11-7-2-1-5-9(11)14(16,17)18/h1-7H,19H2,(H,20,21). The summed E-state index contributed by atoms with van der Waals surface area (Å²) in [7, 11) is 0. The van der Waals surface area contributed by atoms with Gasteiger partial charge in [-0.05, 0) is 24.3 Å². The molecule has 0 aliphatic carbocycles. The molecule has 0 radical (unpaired) electrons. The largest absolute Gasteiger partial charge is 0.418 e. The number of benzene rings is 2. The van der Waals surface area contributed by atoms with E-state index < -0.39 is 17.6 Å². The van der Waals surface area contributed by atoms with Gasteiger partial charge in [-0.2, -0.15) is 13.2 Å². The Morgan fingerprint density at radius 1 is 1.10 bits per heavy atom. The fourth-order valence-electron chi connectivity index (χ4n) is 1.75. The van der Waals surface area contributed by atoms with Gasteiger partial charge >= 0.3 is 6.18 Å². The van der Waals surface area contributed by atoms with Gasteiger partial charge in [-0.15, -0.1) is 0 Å². The van der Waals surface area contributed by atoms with E-state index in [9.17, 15) is 18.0 Å². The summed E-state index contributed by atoms with van der Waals surface area (Å²) in [6, 6.07) is 9.05. The number of hydrogen-bond acceptors (Lipinski definition) is 2. The maximum Gasteiger partial charge on any atom is 0.418 e. The van der Waals surface area contributed by atoms with Crippen molar-refractivity contribution < 1.29 is 18.0 Å². The highest BCUT2D eigenvalue weighted by atomic mass is 35.5. The van der Waals surface area contributed by atoms with Gasteiger partial charge in [-0.25, -0.2) is 0 Å². The van der Waals surface area contributed by atoms with Crippen LogP contribution >= 0.6 is 11.6 Å². The molecule has 2 aromatic carbocycles. The summed E-state index contributed by atoms with van der Waals surface area (Å²) < 4.78 is 38.5. The fraction of sp³-hybridized carbons (Fsp3) is 0.0714. The minimum absolute atomic E-state index is 0.000472. The number of para-hydroxylation sites is 1. The number of hydrogen-bond donors (Lipinski definition) is 2. The van der Waals surface area contributed by atoms with E-state index >= 15 is 0 Å². The van der Waals surface area contributed by atoms with Crippen LogP contribution in [0.25, 0.3) is 0 Å². The number of halogens is 4. The number of amides is 1. The maximum absolute atomic E-state index is 12.8. The average molecular weight is 315 g/mol. The Hall–Kier alpha value is -2.21. The van der Waals surface area contributed by atoms with Crippen molar-refractivity contribution in [1.82, 2.24) is 0 Å². The zero-order valence-corrected chi connectivity index (χ0v) is 11.3. The molecule has 0 aliphatic heterocycles. The van der Waals surface area contributed by atoms with Crippen LogP contribution in [0.15, 0.2) is 42.5 Å². The maximum atomic E-state index is 12.8. The van der Waals surface area contributed by atoms with E-state index in [-0.39, 0.29) is 22.0 Å².